The molecule has 124 valence electrons. The third-order valence-corrected chi connectivity index (χ3v) is 4.32. The highest BCUT2D eigenvalue weighted by Crippen LogP contribution is 2.35. The van der Waals surface area contributed by atoms with Gasteiger partial charge in [-0.05, 0) is 37.2 Å². The van der Waals surface area contributed by atoms with Gasteiger partial charge in [-0.15, -0.1) is 0 Å². The zero-order valence-corrected chi connectivity index (χ0v) is 14.2. The SMILES string of the molecule is O=P(O)(O)CCCCNC(=S)OCc1cnc2ccccc2c1. The molecule has 8 heteroatoms. The normalized spacial score (nSPS) is 11.4. The second-order valence-electron chi connectivity index (χ2n) is 5.13. The van der Waals surface area contributed by atoms with Gasteiger partial charge in [0.1, 0.15) is 6.61 Å². The zero-order valence-electron chi connectivity index (χ0n) is 12.5. The van der Waals surface area contributed by atoms with Crippen LogP contribution in [0.2, 0.25) is 0 Å². The van der Waals surface area contributed by atoms with Crippen LogP contribution < -0.4 is 5.32 Å². The number of benzene rings is 1. The number of hydrogen-bond acceptors (Lipinski definition) is 4. The Balaban J connectivity index is 1.70. The van der Waals surface area contributed by atoms with Gasteiger partial charge in [0.05, 0.1) is 5.52 Å². The van der Waals surface area contributed by atoms with Crippen molar-refractivity contribution in [3.05, 3.63) is 42.1 Å². The molecule has 0 aliphatic rings. The van der Waals surface area contributed by atoms with Crippen molar-refractivity contribution in [1.82, 2.24) is 10.3 Å². The van der Waals surface area contributed by atoms with Gasteiger partial charge in [-0.25, -0.2) is 0 Å². The fourth-order valence-corrected chi connectivity index (χ4v) is 2.83. The predicted molar refractivity (Wildman–Crippen MR) is 93.3 cm³/mol. The maximum atomic E-state index is 10.7. The van der Waals surface area contributed by atoms with Gasteiger partial charge in [-0.3, -0.25) is 9.55 Å². The summed E-state index contributed by atoms with van der Waals surface area (Å²) < 4.78 is 16.1. The van der Waals surface area contributed by atoms with Gasteiger partial charge in [-0.2, -0.15) is 0 Å². The van der Waals surface area contributed by atoms with Crippen molar-refractivity contribution in [3.63, 3.8) is 0 Å². The van der Waals surface area contributed by atoms with Crippen molar-refractivity contribution in [2.75, 3.05) is 12.7 Å². The summed E-state index contributed by atoms with van der Waals surface area (Å²) in [5, 5.41) is 4.23. The Morgan fingerprint density at radius 2 is 2.09 bits per heavy atom. The van der Waals surface area contributed by atoms with Crippen LogP contribution in [0, 0.1) is 0 Å². The molecule has 0 saturated heterocycles. The molecule has 6 nitrogen and oxygen atoms in total. The second-order valence-corrected chi connectivity index (χ2v) is 7.28. The fraction of sp³-hybridized carbons (Fsp3) is 0.333. The lowest BCUT2D eigenvalue weighted by molar-refractivity contribution is 0.286. The van der Waals surface area contributed by atoms with Crippen LogP contribution in [0.4, 0.5) is 0 Å². The Morgan fingerprint density at radius 3 is 2.87 bits per heavy atom. The number of pyridine rings is 1. The molecule has 0 saturated carbocycles. The molecule has 0 atom stereocenters. The molecule has 23 heavy (non-hydrogen) atoms. The largest absolute Gasteiger partial charge is 0.466 e. The minimum absolute atomic E-state index is 0.106. The molecule has 0 aliphatic heterocycles. The molecule has 0 bridgehead atoms. The summed E-state index contributed by atoms with van der Waals surface area (Å²) in [6.45, 7) is 0.848. The Hall–Kier alpha value is -1.53. The number of nitrogens with zero attached hydrogens (tertiary/aromatic N) is 1. The summed E-state index contributed by atoms with van der Waals surface area (Å²) in [6.07, 6.45) is 2.71. The number of aromatic nitrogens is 1. The van der Waals surface area contributed by atoms with Crippen LogP contribution in [0.3, 0.4) is 0 Å². The molecular formula is C15H19N2O4PS. The maximum Gasteiger partial charge on any atom is 0.325 e. The van der Waals surface area contributed by atoms with Crippen LogP contribution in [0.5, 0.6) is 0 Å². The number of thiocarbonyl (C=S) groups is 1. The first kappa shape index (κ1) is 17.8. The van der Waals surface area contributed by atoms with Crippen molar-refractivity contribution in [2.24, 2.45) is 0 Å². The van der Waals surface area contributed by atoms with E-state index in [0.29, 0.717) is 26.0 Å². The number of ether oxygens (including phenoxy) is 1. The number of rotatable bonds is 7. The predicted octanol–water partition coefficient (Wildman–Crippen LogP) is 2.58. The van der Waals surface area contributed by atoms with Crippen molar-refractivity contribution >= 4 is 35.9 Å². The molecule has 0 spiro atoms. The number of para-hydroxylation sites is 1. The number of nitrogens with one attached hydrogen (secondary N) is 1. The number of fused-ring (bicyclic) bond motifs is 1. The van der Waals surface area contributed by atoms with E-state index in [0.717, 1.165) is 16.5 Å². The lowest BCUT2D eigenvalue weighted by Crippen LogP contribution is -2.25. The first-order chi connectivity index (χ1) is 10.9. The molecule has 0 amide bonds. The lowest BCUT2D eigenvalue weighted by Gasteiger charge is -2.10. The summed E-state index contributed by atoms with van der Waals surface area (Å²) in [4.78, 5) is 21.8. The average molecular weight is 354 g/mol. The molecular weight excluding hydrogens is 335 g/mol. The van der Waals surface area contributed by atoms with Crippen LogP contribution >= 0.6 is 19.8 Å². The summed E-state index contributed by atoms with van der Waals surface area (Å²) >= 11 is 5.06. The molecule has 0 aliphatic carbocycles. The van der Waals surface area contributed by atoms with Crippen molar-refractivity contribution in [3.8, 4) is 0 Å². The highest BCUT2D eigenvalue weighted by Gasteiger charge is 2.11. The number of hydrogen-bond donors (Lipinski definition) is 3. The zero-order chi connectivity index (χ0) is 16.7. The van der Waals surface area contributed by atoms with Gasteiger partial charge in [-0.1, -0.05) is 18.2 Å². The molecule has 0 radical (unpaired) electrons. The van der Waals surface area contributed by atoms with Crippen LogP contribution in [0.1, 0.15) is 18.4 Å². The first-order valence-electron chi connectivity index (χ1n) is 7.23. The van der Waals surface area contributed by atoms with E-state index < -0.39 is 7.60 Å². The van der Waals surface area contributed by atoms with Crippen molar-refractivity contribution in [2.45, 2.75) is 19.4 Å². The highest BCUT2D eigenvalue weighted by atomic mass is 32.1. The van der Waals surface area contributed by atoms with E-state index in [1.54, 1.807) is 6.20 Å². The Morgan fingerprint density at radius 1 is 1.30 bits per heavy atom. The first-order valence-corrected chi connectivity index (χ1v) is 9.43. The van der Waals surface area contributed by atoms with Crippen LogP contribution in [0.15, 0.2) is 36.5 Å². The summed E-state index contributed by atoms with van der Waals surface area (Å²) in [5.41, 5.74) is 1.86. The summed E-state index contributed by atoms with van der Waals surface area (Å²) in [6, 6.07) is 9.84. The third-order valence-electron chi connectivity index (χ3n) is 3.16. The summed E-state index contributed by atoms with van der Waals surface area (Å²) in [5.74, 6) is 0. The minimum Gasteiger partial charge on any atom is -0.466 e. The summed E-state index contributed by atoms with van der Waals surface area (Å²) in [7, 11) is -3.90. The molecule has 0 fully saturated rings. The molecule has 2 rings (SSSR count). The average Bonchev–Trinajstić information content (AvgIpc) is 2.51. The maximum absolute atomic E-state index is 10.7. The van der Waals surface area contributed by atoms with E-state index >= 15 is 0 Å². The van der Waals surface area contributed by atoms with Gasteiger partial charge in [0.15, 0.2) is 0 Å². The topological polar surface area (TPSA) is 91.7 Å². The van der Waals surface area contributed by atoms with E-state index in [-0.39, 0.29) is 11.3 Å². The monoisotopic (exact) mass is 354 g/mol. The smallest absolute Gasteiger partial charge is 0.325 e. The van der Waals surface area contributed by atoms with E-state index in [2.05, 4.69) is 10.3 Å². The quantitative estimate of drug-likeness (QED) is 0.400. The van der Waals surface area contributed by atoms with E-state index in [9.17, 15) is 4.57 Å². The number of unbranched alkanes of at least 4 members (excludes halogenated alkanes) is 1. The van der Waals surface area contributed by atoms with Gasteiger partial charge in [0.25, 0.3) is 5.17 Å². The van der Waals surface area contributed by atoms with Gasteiger partial charge in [0, 0.05) is 29.9 Å². The van der Waals surface area contributed by atoms with Gasteiger partial charge < -0.3 is 19.8 Å². The van der Waals surface area contributed by atoms with E-state index in [1.807, 2.05) is 30.3 Å². The Labute approximate surface area is 140 Å². The van der Waals surface area contributed by atoms with Crippen LogP contribution in [-0.2, 0) is 15.9 Å². The third kappa shape index (κ3) is 6.62. The lowest BCUT2D eigenvalue weighted by atomic mass is 10.2. The Bertz CT molecular complexity index is 719. The van der Waals surface area contributed by atoms with E-state index in [4.69, 9.17) is 26.7 Å². The molecule has 0 unspecified atom stereocenters. The van der Waals surface area contributed by atoms with Gasteiger partial charge >= 0.3 is 7.60 Å². The minimum atomic E-state index is -3.90. The standard InChI is InChI=1S/C15H19N2O4PS/c18-22(19,20)8-4-3-7-16-15(23)21-11-12-9-13-5-1-2-6-14(13)17-10-12/h1-2,5-6,9-10H,3-4,7-8,11H2,(H,16,23)(H2,18,19,20). The second kappa shape index (κ2) is 8.36. The molecule has 1 aromatic heterocycles. The fourth-order valence-electron chi connectivity index (χ4n) is 2.03. The molecule has 3 N–H and O–H groups in total. The van der Waals surface area contributed by atoms with Crippen molar-refractivity contribution in [1.29, 1.82) is 0 Å². The molecule has 1 aromatic carbocycles. The Kier molecular flexibility index (Phi) is 6.47. The highest BCUT2D eigenvalue weighted by molar-refractivity contribution is 7.80. The van der Waals surface area contributed by atoms with Crippen molar-refractivity contribution < 1.29 is 19.1 Å². The van der Waals surface area contributed by atoms with Crippen LogP contribution in [0.25, 0.3) is 10.9 Å². The van der Waals surface area contributed by atoms with Gasteiger partial charge in [0.2, 0.25) is 0 Å². The van der Waals surface area contributed by atoms with Crippen LogP contribution in [-0.4, -0.2) is 32.7 Å². The van der Waals surface area contributed by atoms with E-state index in [1.165, 1.54) is 0 Å². The molecule has 2 aromatic rings. The molecule has 1 heterocycles.